The molecule has 0 saturated carbocycles. The molecule has 0 amide bonds. The van der Waals surface area contributed by atoms with Crippen LogP contribution in [-0.4, -0.2) is 23.3 Å². The van der Waals surface area contributed by atoms with Crippen LogP contribution in [-0.2, 0) is 0 Å². The molecule has 0 heterocycles. The first-order valence-electron chi connectivity index (χ1n) is 4.51. The zero-order valence-electron chi connectivity index (χ0n) is 8.49. The molecule has 0 unspecified atom stereocenters. The molecule has 0 aliphatic rings. The molecule has 0 atom stereocenters. The van der Waals surface area contributed by atoms with Crippen molar-refractivity contribution < 1.29 is 14.7 Å². The molecule has 3 nitrogen and oxygen atoms in total. The third kappa shape index (κ3) is 2.39. The molecule has 0 bridgehead atoms. The Balaban J connectivity index is 3.34. The van der Waals surface area contributed by atoms with Crippen LogP contribution >= 0.6 is 0 Å². The Kier molecular flexibility index (Phi) is 3.52. The molecular formula is C12H12O3. The van der Waals surface area contributed by atoms with Crippen LogP contribution in [0.25, 0.3) is 6.08 Å². The molecule has 3 heteroatoms. The van der Waals surface area contributed by atoms with E-state index in [2.05, 4.69) is 6.58 Å². The van der Waals surface area contributed by atoms with Crippen LogP contribution in [0.4, 0.5) is 0 Å². The minimum Gasteiger partial charge on any atom is -0.388 e. The number of aliphatic hydroxyl groups excluding tert-OH is 1. The van der Waals surface area contributed by atoms with E-state index in [-0.39, 0.29) is 11.3 Å². The average Bonchev–Trinajstić information content (AvgIpc) is 2.26. The molecule has 1 aromatic rings. The molecule has 0 radical (unpaired) electrons. The quantitative estimate of drug-likeness (QED) is 0.759. The number of carbonyl (C=O) groups excluding carboxylic acids is 2. The van der Waals surface area contributed by atoms with Gasteiger partial charge in [-0.1, -0.05) is 24.8 Å². The summed E-state index contributed by atoms with van der Waals surface area (Å²) in [6.45, 7) is 4.36. The number of hydrogen-bond donors (Lipinski definition) is 1. The summed E-state index contributed by atoms with van der Waals surface area (Å²) in [5.41, 5.74) is 1.33. The molecule has 0 spiro atoms. The van der Waals surface area contributed by atoms with Crippen LogP contribution in [0.2, 0.25) is 0 Å². The summed E-state index contributed by atoms with van der Waals surface area (Å²) in [5.74, 6) is -0.647. The standard InChI is InChI=1S/C12H12O3/c1-3-9-4-5-10(8(2)14)11(6-9)12(15)7-13/h3-6,13H,1,7H2,2H3. The summed E-state index contributed by atoms with van der Waals surface area (Å²) in [7, 11) is 0. The van der Waals surface area contributed by atoms with Gasteiger partial charge in [0.15, 0.2) is 11.6 Å². The van der Waals surface area contributed by atoms with Crippen LogP contribution in [0.5, 0.6) is 0 Å². The fraction of sp³-hybridized carbons (Fsp3) is 0.167. The highest BCUT2D eigenvalue weighted by atomic mass is 16.3. The molecule has 0 aliphatic heterocycles. The second kappa shape index (κ2) is 4.66. The van der Waals surface area contributed by atoms with Crippen molar-refractivity contribution in [3.05, 3.63) is 41.5 Å². The van der Waals surface area contributed by atoms with Crippen molar-refractivity contribution in [2.24, 2.45) is 0 Å². The topological polar surface area (TPSA) is 54.4 Å². The Hall–Kier alpha value is -1.74. The number of aliphatic hydroxyl groups is 1. The number of hydrogen-bond acceptors (Lipinski definition) is 3. The second-order valence-electron chi connectivity index (χ2n) is 3.15. The summed E-state index contributed by atoms with van der Waals surface area (Å²) in [4.78, 5) is 22.6. The second-order valence-corrected chi connectivity index (χ2v) is 3.15. The van der Waals surface area contributed by atoms with Crippen molar-refractivity contribution in [3.63, 3.8) is 0 Å². The molecule has 0 aliphatic carbocycles. The third-order valence-electron chi connectivity index (χ3n) is 2.10. The van der Waals surface area contributed by atoms with Gasteiger partial charge in [-0.25, -0.2) is 0 Å². The summed E-state index contributed by atoms with van der Waals surface area (Å²) < 4.78 is 0. The van der Waals surface area contributed by atoms with Crippen molar-refractivity contribution in [2.75, 3.05) is 6.61 Å². The molecule has 0 fully saturated rings. The third-order valence-corrected chi connectivity index (χ3v) is 2.10. The monoisotopic (exact) mass is 204 g/mol. The van der Waals surface area contributed by atoms with E-state index < -0.39 is 12.4 Å². The predicted octanol–water partition coefficient (Wildman–Crippen LogP) is 1.71. The van der Waals surface area contributed by atoms with Gasteiger partial charge in [0, 0.05) is 11.1 Å². The van der Waals surface area contributed by atoms with Gasteiger partial charge in [-0.05, 0) is 18.6 Å². The van der Waals surface area contributed by atoms with E-state index in [0.29, 0.717) is 5.56 Å². The summed E-state index contributed by atoms with van der Waals surface area (Å²) in [6.07, 6.45) is 1.58. The van der Waals surface area contributed by atoms with E-state index in [1.54, 1.807) is 24.3 Å². The predicted molar refractivity (Wildman–Crippen MR) is 58.0 cm³/mol. The van der Waals surface area contributed by atoms with E-state index >= 15 is 0 Å². The van der Waals surface area contributed by atoms with Crippen molar-refractivity contribution in [2.45, 2.75) is 6.92 Å². The van der Waals surface area contributed by atoms with Crippen LogP contribution in [0.1, 0.15) is 33.2 Å². The maximum atomic E-state index is 11.4. The van der Waals surface area contributed by atoms with Gasteiger partial charge in [0.25, 0.3) is 0 Å². The van der Waals surface area contributed by atoms with Gasteiger partial charge in [-0.2, -0.15) is 0 Å². The molecule has 78 valence electrons. The van der Waals surface area contributed by atoms with Gasteiger partial charge in [0.05, 0.1) is 0 Å². The number of benzene rings is 1. The Labute approximate surface area is 88.0 Å². The smallest absolute Gasteiger partial charge is 0.188 e. The van der Waals surface area contributed by atoms with Crippen molar-refractivity contribution in [1.29, 1.82) is 0 Å². The van der Waals surface area contributed by atoms with E-state index in [9.17, 15) is 9.59 Å². The maximum Gasteiger partial charge on any atom is 0.188 e. The van der Waals surface area contributed by atoms with E-state index in [1.165, 1.54) is 6.92 Å². The van der Waals surface area contributed by atoms with Crippen molar-refractivity contribution in [3.8, 4) is 0 Å². The fourth-order valence-corrected chi connectivity index (χ4v) is 1.31. The minimum atomic E-state index is -0.596. The Bertz CT molecular complexity index is 419. The lowest BCUT2D eigenvalue weighted by atomic mass is 9.98. The van der Waals surface area contributed by atoms with Gasteiger partial charge in [-0.3, -0.25) is 9.59 Å². The lowest BCUT2D eigenvalue weighted by Gasteiger charge is -2.05. The summed E-state index contributed by atoms with van der Waals surface area (Å²) >= 11 is 0. The lowest BCUT2D eigenvalue weighted by Crippen LogP contribution is -2.10. The van der Waals surface area contributed by atoms with Crippen molar-refractivity contribution >= 4 is 17.6 Å². The van der Waals surface area contributed by atoms with Crippen LogP contribution < -0.4 is 0 Å². The fourth-order valence-electron chi connectivity index (χ4n) is 1.31. The zero-order chi connectivity index (χ0) is 11.4. The highest BCUT2D eigenvalue weighted by Crippen LogP contribution is 2.14. The first-order valence-corrected chi connectivity index (χ1v) is 4.51. The maximum absolute atomic E-state index is 11.4. The van der Waals surface area contributed by atoms with Gasteiger partial charge >= 0.3 is 0 Å². The summed E-state index contributed by atoms with van der Waals surface area (Å²) in [5, 5.41) is 8.77. The molecule has 0 saturated heterocycles. The Morgan fingerprint density at radius 3 is 2.53 bits per heavy atom. The molecule has 0 aromatic heterocycles. The normalized spacial score (nSPS) is 9.73. The number of Topliss-reactive ketones (excluding diaryl/α,β-unsaturated/α-hetero) is 2. The molecule has 1 aromatic carbocycles. The van der Waals surface area contributed by atoms with Crippen molar-refractivity contribution in [1.82, 2.24) is 0 Å². The highest BCUT2D eigenvalue weighted by molar-refractivity contribution is 6.08. The molecule has 1 rings (SSSR count). The first-order chi connectivity index (χ1) is 7.10. The average molecular weight is 204 g/mol. The first kappa shape index (κ1) is 11.3. The van der Waals surface area contributed by atoms with Gasteiger partial charge in [-0.15, -0.1) is 0 Å². The number of ketones is 2. The number of carbonyl (C=O) groups is 2. The van der Waals surface area contributed by atoms with E-state index in [4.69, 9.17) is 5.11 Å². The largest absolute Gasteiger partial charge is 0.388 e. The molecule has 15 heavy (non-hydrogen) atoms. The van der Waals surface area contributed by atoms with Gasteiger partial charge in [0.1, 0.15) is 6.61 Å². The van der Waals surface area contributed by atoms with Crippen LogP contribution in [0.3, 0.4) is 0 Å². The molecule has 1 N–H and O–H groups in total. The van der Waals surface area contributed by atoms with Gasteiger partial charge < -0.3 is 5.11 Å². The highest BCUT2D eigenvalue weighted by Gasteiger charge is 2.13. The van der Waals surface area contributed by atoms with Gasteiger partial charge in [0.2, 0.25) is 0 Å². The SMILES string of the molecule is C=Cc1ccc(C(C)=O)c(C(=O)CO)c1. The van der Waals surface area contributed by atoms with Crippen LogP contribution in [0.15, 0.2) is 24.8 Å². The Morgan fingerprint density at radius 1 is 1.40 bits per heavy atom. The van der Waals surface area contributed by atoms with E-state index in [1.807, 2.05) is 0 Å². The van der Waals surface area contributed by atoms with E-state index in [0.717, 1.165) is 5.56 Å². The van der Waals surface area contributed by atoms with Crippen LogP contribution in [0, 0.1) is 0 Å². The Morgan fingerprint density at radius 2 is 2.07 bits per heavy atom. The number of rotatable bonds is 4. The molecular weight excluding hydrogens is 192 g/mol. The minimum absolute atomic E-state index is 0.192. The lowest BCUT2D eigenvalue weighted by molar-refractivity contribution is 0.0895. The summed E-state index contributed by atoms with van der Waals surface area (Å²) in [6, 6.07) is 4.84. The zero-order valence-corrected chi connectivity index (χ0v) is 8.49.